The van der Waals surface area contributed by atoms with Crippen molar-refractivity contribution in [1.82, 2.24) is 15.2 Å². The molecule has 1 saturated carbocycles. The van der Waals surface area contributed by atoms with Crippen LogP contribution in [0.4, 0.5) is 18.0 Å². The van der Waals surface area contributed by atoms with Crippen LogP contribution in [0.1, 0.15) is 44.6 Å². The van der Waals surface area contributed by atoms with E-state index in [4.69, 9.17) is 0 Å². The number of likely N-dealkylation sites (tertiary alicyclic amines) is 1. The molecule has 1 aliphatic carbocycles. The molecule has 2 unspecified atom stereocenters. The number of nitrogens with one attached hydrogen (secondary N) is 1. The molecule has 2 atom stereocenters. The molecular weight excluding hydrogens is 403 g/mol. The highest BCUT2D eigenvalue weighted by molar-refractivity contribution is 6.21. The predicted octanol–water partition coefficient (Wildman–Crippen LogP) is 3.37. The SMILES string of the molecule is CC(=C1C(=O)N(C(=O)NC(C2CCCCC2)C(F)(F)F)C1C(=O)O)c1ccncc1. The van der Waals surface area contributed by atoms with Crippen molar-refractivity contribution in [3.05, 3.63) is 35.7 Å². The van der Waals surface area contributed by atoms with E-state index in [-0.39, 0.29) is 5.57 Å². The van der Waals surface area contributed by atoms with Crippen LogP contribution in [0.25, 0.3) is 5.57 Å². The molecule has 3 amide bonds. The topological polar surface area (TPSA) is 99.6 Å². The molecule has 0 bridgehead atoms. The van der Waals surface area contributed by atoms with E-state index in [1.165, 1.54) is 19.3 Å². The van der Waals surface area contributed by atoms with Gasteiger partial charge >= 0.3 is 18.2 Å². The van der Waals surface area contributed by atoms with Gasteiger partial charge in [-0.05, 0) is 49.0 Å². The second kappa shape index (κ2) is 8.45. The van der Waals surface area contributed by atoms with Gasteiger partial charge in [0.05, 0.1) is 5.57 Å². The van der Waals surface area contributed by atoms with Crippen LogP contribution in [0.3, 0.4) is 0 Å². The third-order valence-corrected chi connectivity index (χ3v) is 5.70. The van der Waals surface area contributed by atoms with Gasteiger partial charge in [-0.2, -0.15) is 13.2 Å². The minimum absolute atomic E-state index is 0.134. The van der Waals surface area contributed by atoms with Crippen LogP contribution in [0.2, 0.25) is 0 Å². The van der Waals surface area contributed by atoms with Gasteiger partial charge in [-0.3, -0.25) is 9.78 Å². The Morgan fingerprint density at radius 1 is 1.20 bits per heavy atom. The summed E-state index contributed by atoms with van der Waals surface area (Å²) in [6, 6.07) is -1.97. The molecule has 1 aliphatic heterocycles. The molecule has 0 aromatic carbocycles. The molecule has 1 aromatic heterocycles. The van der Waals surface area contributed by atoms with E-state index in [2.05, 4.69) is 4.98 Å². The number of rotatable bonds is 4. The molecule has 10 heteroatoms. The first-order valence-electron chi connectivity index (χ1n) is 9.67. The molecular formula is C20H22F3N3O4. The smallest absolute Gasteiger partial charge is 0.408 e. The van der Waals surface area contributed by atoms with Gasteiger partial charge in [-0.1, -0.05) is 19.3 Å². The predicted molar refractivity (Wildman–Crippen MR) is 100 cm³/mol. The van der Waals surface area contributed by atoms with Crippen molar-refractivity contribution >= 4 is 23.5 Å². The van der Waals surface area contributed by atoms with Crippen LogP contribution in [0.15, 0.2) is 30.1 Å². The Labute approximate surface area is 171 Å². The van der Waals surface area contributed by atoms with E-state index in [0.29, 0.717) is 41.7 Å². The lowest BCUT2D eigenvalue weighted by atomic mass is 9.83. The molecule has 0 spiro atoms. The molecule has 2 heterocycles. The number of hydrogen-bond acceptors (Lipinski definition) is 4. The fourth-order valence-corrected chi connectivity index (χ4v) is 4.13. The van der Waals surface area contributed by atoms with Crippen LogP contribution >= 0.6 is 0 Å². The summed E-state index contributed by atoms with van der Waals surface area (Å²) in [6.45, 7) is 1.52. The highest BCUT2D eigenvalue weighted by atomic mass is 19.4. The molecule has 2 N–H and O–H groups in total. The maximum Gasteiger partial charge on any atom is 0.408 e. The largest absolute Gasteiger partial charge is 0.479 e. The Balaban J connectivity index is 1.84. The zero-order valence-corrected chi connectivity index (χ0v) is 16.3. The number of urea groups is 1. The fourth-order valence-electron chi connectivity index (χ4n) is 4.13. The van der Waals surface area contributed by atoms with Crippen LogP contribution in [0, 0.1) is 5.92 Å². The summed E-state index contributed by atoms with van der Waals surface area (Å²) in [6.07, 6.45) is 0.943. The van der Waals surface area contributed by atoms with Gasteiger partial charge in [-0.25, -0.2) is 14.5 Å². The summed E-state index contributed by atoms with van der Waals surface area (Å²) in [5.41, 5.74) is 0.735. The molecule has 162 valence electrons. The van der Waals surface area contributed by atoms with Crippen molar-refractivity contribution in [2.24, 2.45) is 5.92 Å². The number of carbonyl (C=O) groups is 3. The number of aliphatic carboxylic acids is 1. The number of imide groups is 1. The molecule has 30 heavy (non-hydrogen) atoms. The monoisotopic (exact) mass is 425 g/mol. The van der Waals surface area contributed by atoms with Crippen molar-refractivity contribution in [3.63, 3.8) is 0 Å². The summed E-state index contributed by atoms with van der Waals surface area (Å²) in [5, 5.41) is 11.4. The Morgan fingerprint density at radius 3 is 2.33 bits per heavy atom. The maximum absolute atomic E-state index is 13.6. The minimum Gasteiger partial charge on any atom is -0.479 e. The molecule has 3 rings (SSSR count). The molecule has 2 fully saturated rings. The first-order valence-corrected chi connectivity index (χ1v) is 9.67. The van der Waals surface area contributed by atoms with E-state index in [0.717, 1.165) is 6.42 Å². The summed E-state index contributed by atoms with van der Waals surface area (Å²) in [5.74, 6) is -3.20. The van der Waals surface area contributed by atoms with Crippen LogP contribution in [-0.4, -0.2) is 51.2 Å². The zero-order chi connectivity index (χ0) is 22.1. The molecule has 1 aromatic rings. The van der Waals surface area contributed by atoms with Gasteiger partial charge in [0.2, 0.25) is 0 Å². The highest BCUT2D eigenvalue weighted by Crippen LogP contribution is 2.37. The van der Waals surface area contributed by atoms with E-state index in [1.807, 2.05) is 5.32 Å². The first-order chi connectivity index (χ1) is 14.1. The van der Waals surface area contributed by atoms with E-state index >= 15 is 0 Å². The third-order valence-electron chi connectivity index (χ3n) is 5.70. The van der Waals surface area contributed by atoms with Crippen LogP contribution in [0.5, 0.6) is 0 Å². The quantitative estimate of drug-likeness (QED) is 0.569. The van der Waals surface area contributed by atoms with E-state index < -0.39 is 42.1 Å². The van der Waals surface area contributed by atoms with Crippen molar-refractivity contribution in [3.8, 4) is 0 Å². The minimum atomic E-state index is -4.70. The van der Waals surface area contributed by atoms with Gasteiger partial charge in [-0.15, -0.1) is 0 Å². The van der Waals surface area contributed by atoms with Gasteiger partial charge in [0.25, 0.3) is 5.91 Å². The number of halogens is 3. The average molecular weight is 425 g/mol. The second-order valence-electron chi connectivity index (χ2n) is 7.56. The molecule has 7 nitrogen and oxygen atoms in total. The van der Waals surface area contributed by atoms with Gasteiger partial charge < -0.3 is 10.4 Å². The Morgan fingerprint density at radius 2 is 1.80 bits per heavy atom. The van der Waals surface area contributed by atoms with Crippen molar-refractivity contribution in [2.45, 2.75) is 57.3 Å². The number of aromatic nitrogens is 1. The van der Waals surface area contributed by atoms with E-state index in [1.54, 1.807) is 12.1 Å². The summed E-state index contributed by atoms with van der Waals surface area (Å²) in [4.78, 5) is 41.1. The van der Waals surface area contributed by atoms with Crippen LogP contribution < -0.4 is 5.32 Å². The lowest BCUT2D eigenvalue weighted by molar-refractivity contribution is -0.169. The average Bonchev–Trinajstić information content (AvgIpc) is 2.70. The third kappa shape index (κ3) is 4.17. The summed E-state index contributed by atoms with van der Waals surface area (Å²) >= 11 is 0. The van der Waals surface area contributed by atoms with Gasteiger partial charge in [0.15, 0.2) is 6.04 Å². The number of pyridine rings is 1. The number of carboxylic acids is 1. The Hall–Kier alpha value is -2.91. The van der Waals surface area contributed by atoms with Crippen molar-refractivity contribution < 1.29 is 32.7 Å². The molecule has 2 aliphatic rings. The standard InChI is InChI=1S/C20H22F3N3O4/c1-11(12-7-9-24-10-8-12)14-15(18(28)29)26(17(14)27)19(30)25-16(20(21,22)23)13-5-3-2-4-6-13/h7-10,13,15-16H,2-6H2,1H3,(H,25,30)(H,28,29). The number of amides is 3. The first kappa shape index (κ1) is 21.8. The maximum atomic E-state index is 13.6. The lowest BCUT2D eigenvalue weighted by Gasteiger charge is -2.41. The van der Waals surface area contributed by atoms with Crippen molar-refractivity contribution in [1.29, 1.82) is 0 Å². The van der Waals surface area contributed by atoms with Crippen LogP contribution in [-0.2, 0) is 9.59 Å². The Kier molecular flexibility index (Phi) is 6.14. The number of carboxylic acid groups (broad SMARTS) is 1. The fraction of sp³-hybridized carbons (Fsp3) is 0.500. The van der Waals surface area contributed by atoms with E-state index in [9.17, 15) is 32.7 Å². The van der Waals surface area contributed by atoms with Gasteiger partial charge in [0, 0.05) is 12.4 Å². The second-order valence-corrected chi connectivity index (χ2v) is 7.56. The Bertz CT molecular complexity index is 864. The number of carbonyl (C=O) groups excluding carboxylic acids is 2. The number of nitrogens with zero attached hydrogens (tertiary/aromatic N) is 2. The number of β-lactam (4-membered cyclic amide) rings is 1. The molecule has 0 radical (unpaired) electrons. The highest BCUT2D eigenvalue weighted by Gasteiger charge is 2.54. The lowest BCUT2D eigenvalue weighted by Crippen LogP contribution is -2.66. The number of alkyl halides is 3. The molecule has 1 saturated heterocycles. The summed E-state index contributed by atoms with van der Waals surface area (Å²) < 4.78 is 40.7. The van der Waals surface area contributed by atoms with Crippen molar-refractivity contribution in [2.75, 3.05) is 0 Å². The normalized spacial score (nSPS) is 22.9. The number of allylic oxidation sites excluding steroid dienone is 1. The summed E-state index contributed by atoms with van der Waals surface area (Å²) in [7, 11) is 0. The number of hydrogen-bond donors (Lipinski definition) is 2. The zero-order valence-electron chi connectivity index (χ0n) is 16.3. The van der Waals surface area contributed by atoms with Gasteiger partial charge in [0.1, 0.15) is 6.04 Å².